The van der Waals surface area contributed by atoms with Gasteiger partial charge in [0.25, 0.3) is 0 Å². The topological polar surface area (TPSA) is 50.2 Å². The molecule has 29 heavy (non-hydrogen) atoms. The number of rotatable bonds is 3. The summed E-state index contributed by atoms with van der Waals surface area (Å²) in [7, 11) is 0. The van der Waals surface area contributed by atoms with Gasteiger partial charge in [-0.2, -0.15) is 5.10 Å². The Bertz CT molecular complexity index is 1020. The minimum atomic E-state index is -0.466. The molecule has 1 fully saturated rings. The van der Waals surface area contributed by atoms with Crippen molar-refractivity contribution in [2.75, 3.05) is 18.4 Å². The van der Waals surface area contributed by atoms with E-state index >= 15 is 0 Å². The van der Waals surface area contributed by atoms with Crippen LogP contribution in [-0.2, 0) is 0 Å². The van der Waals surface area contributed by atoms with Gasteiger partial charge in [0.2, 0.25) is 0 Å². The van der Waals surface area contributed by atoms with Crippen LogP contribution in [0.15, 0.2) is 54.7 Å². The standard InChI is InChI=1S/C22H22F2N4O/c1-15-21(13-25-28(15)18-7-3-2-4-8-18)26-22(29)27-11-5-6-16(14-27)19-12-17(23)9-10-20(19)24/h2-4,7-10,12-13,16H,5-6,11,14H2,1H3,(H,26,29)/t16-/m1/s1. The number of para-hydroxylation sites is 1. The second kappa shape index (κ2) is 8.03. The number of aromatic nitrogens is 2. The van der Waals surface area contributed by atoms with Crippen molar-refractivity contribution in [2.24, 2.45) is 0 Å². The molecule has 0 aliphatic carbocycles. The Morgan fingerprint density at radius 1 is 1.17 bits per heavy atom. The van der Waals surface area contributed by atoms with Crippen molar-refractivity contribution in [3.63, 3.8) is 0 Å². The monoisotopic (exact) mass is 396 g/mol. The number of benzene rings is 2. The molecule has 5 nitrogen and oxygen atoms in total. The Balaban J connectivity index is 1.48. The molecular formula is C22H22F2N4O. The van der Waals surface area contributed by atoms with E-state index in [1.54, 1.807) is 15.8 Å². The van der Waals surface area contributed by atoms with Crippen molar-refractivity contribution in [2.45, 2.75) is 25.7 Å². The second-order valence-corrected chi connectivity index (χ2v) is 7.27. The van der Waals surface area contributed by atoms with Crippen molar-refractivity contribution in [1.29, 1.82) is 0 Å². The maximum atomic E-state index is 14.1. The van der Waals surface area contributed by atoms with Crippen LogP contribution in [0.25, 0.3) is 5.69 Å². The van der Waals surface area contributed by atoms with Crippen molar-refractivity contribution in [3.05, 3.63) is 77.6 Å². The van der Waals surface area contributed by atoms with E-state index in [1.807, 2.05) is 37.3 Å². The Hall–Kier alpha value is -3.22. The largest absolute Gasteiger partial charge is 0.324 e. The van der Waals surface area contributed by atoms with Crippen LogP contribution >= 0.6 is 0 Å². The first-order valence-corrected chi connectivity index (χ1v) is 9.64. The zero-order valence-electron chi connectivity index (χ0n) is 16.1. The lowest BCUT2D eigenvalue weighted by Gasteiger charge is -2.33. The van der Waals surface area contributed by atoms with Crippen molar-refractivity contribution in [1.82, 2.24) is 14.7 Å². The number of amides is 2. The molecular weight excluding hydrogens is 374 g/mol. The first kappa shape index (κ1) is 19.1. The summed E-state index contributed by atoms with van der Waals surface area (Å²) >= 11 is 0. The van der Waals surface area contributed by atoms with E-state index in [4.69, 9.17) is 0 Å². The lowest BCUT2D eigenvalue weighted by molar-refractivity contribution is 0.192. The van der Waals surface area contributed by atoms with E-state index in [-0.39, 0.29) is 11.9 Å². The normalized spacial score (nSPS) is 16.7. The molecule has 2 heterocycles. The van der Waals surface area contributed by atoms with Gasteiger partial charge in [-0.25, -0.2) is 18.3 Å². The smallest absolute Gasteiger partial charge is 0.321 e. The molecule has 7 heteroatoms. The molecule has 1 aliphatic rings. The third-order valence-electron chi connectivity index (χ3n) is 5.36. The third-order valence-corrected chi connectivity index (χ3v) is 5.36. The van der Waals surface area contributed by atoms with Crippen molar-refractivity contribution >= 4 is 11.7 Å². The fraction of sp³-hybridized carbons (Fsp3) is 0.273. The van der Waals surface area contributed by atoms with Gasteiger partial charge in [-0.05, 0) is 55.7 Å². The molecule has 1 aromatic heterocycles. The number of urea groups is 1. The van der Waals surface area contributed by atoms with E-state index in [2.05, 4.69) is 10.4 Å². The number of likely N-dealkylation sites (tertiary alicyclic amines) is 1. The van der Waals surface area contributed by atoms with Gasteiger partial charge in [-0.1, -0.05) is 18.2 Å². The van der Waals surface area contributed by atoms with Crippen molar-refractivity contribution in [3.8, 4) is 5.69 Å². The first-order valence-electron chi connectivity index (χ1n) is 9.64. The summed E-state index contributed by atoms with van der Waals surface area (Å²) in [5, 5.41) is 7.26. The highest BCUT2D eigenvalue weighted by atomic mass is 19.1. The predicted octanol–water partition coefficient (Wildman–Crippen LogP) is 4.87. The van der Waals surface area contributed by atoms with E-state index in [9.17, 15) is 13.6 Å². The number of piperidine rings is 1. The molecule has 1 atom stereocenters. The summed E-state index contributed by atoms with van der Waals surface area (Å²) in [6.45, 7) is 2.81. The van der Waals surface area contributed by atoms with Crippen LogP contribution in [-0.4, -0.2) is 33.8 Å². The molecule has 1 N–H and O–H groups in total. The van der Waals surface area contributed by atoms with Crippen LogP contribution in [0.1, 0.15) is 30.0 Å². The summed E-state index contributed by atoms with van der Waals surface area (Å²) in [5.74, 6) is -1.12. The Kier molecular flexibility index (Phi) is 5.29. The fourth-order valence-corrected chi connectivity index (χ4v) is 3.80. The Morgan fingerprint density at radius 3 is 2.76 bits per heavy atom. The van der Waals surface area contributed by atoms with Crippen LogP contribution < -0.4 is 5.32 Å². The Morgan fingerprint density at radius 2 is 1.97 bits per heavy atom. The quantitative estimate of drug-likeness (QED) is 0.687. The summed E-state index contributed by atoms with van der Waals surface area (Å²) in [6.07, 6.45) is 3.07. The van der Waals surface area contributed by atoms with Crippen LogP contribution in [0.3, 0.4) is 0 Å². The van der Waals surface area contributed by atoms with Gasteiger partial charge in [0.1, 0.15) is 11.6 Å². The fourth-order valence-electron chi connectivity index (χ4n) is 3.80. The van der Waals surface area contributed by atoms with Gasteiger partial charge in [0, 0.05) is 19.0 Å². The number of carbonyl (C=O) groups is 1. The third kappa shape index (κ3) is 3.99. The molecule has 150 valence electrons. The van der Waals surface area contributed by atoms with Gasteiger partial charge < -0.3 is 10.2 Å². The van der Waals surface area contributed by atoms with Crippen LogP contribution in [0.2, 0.25) is 0 Å². The maximum Gasteiger partial charge on any atom is 0.321 e. The maximum absolute atomic E-state index is 14.1. The number of nitrogens with one attached hydrogen (secondary N) is 1. The first-order chi connectivity index (χ1) is 14.0. The highest BCUT2D eigenvalue weighted by molar-refractivity contribution is 5.90. The zero-order chi connectivity index (χ0) is 20.4. The summed E-state index contributed by atoms with van der Waals surface area (Å²) in [5.41, 5.74) is 2.67. The molecule has 0 unspecified atom stereocenters. The van der Waals surface area contributed by atoms with Gasteiger partial charge in [0.15, 0.2) is 0 Å². The average Bonchev–Trinajstić information content (AvgIpc) is 3.10. The molecule has 4 rings (SSSR count). The number of hydrogen-bond donors (Lipinski definition) is 1. The molecule has 3 aromatic rings. The van der Waals surface area contributed by atoms with Crippen LogP contribution in [0.5, 0.6) is 0 Å². The summed E-state index contributed by atoms with van der Waals surface area (Å²) < 4.78 is 29.5. The molecule has 2 aromatic carbocycles. The molecule has 0 spiro atoms. The number of anilines is 1. The number of nitrogens with zero attached hydrogens (tertiary/aromatic N) is 3. The van der Waals surface area contributed by atoms with E-state index in [1.165, 1.54) is 6.07 Å². The van der Waals surface area contributed by atoms with Gasteiger partial charge >= 0.3 is 6.03 Å². The molecule has 0 radical (unpaired) electrons. The molecule has 0 saturated carbocycles. The number of halogens is 2. The zero-order valence-corrected chi connectivity index (χ0v) is 16.1. The SMILES string of the molecule is Cc1c(NC(=O)N2CCC[C@@H](c3cc(F)ccc3F)C2)cnn1-c1ccccc1. The van der Waals surface area contributed by atoms with Gasteiger partial charge in [-0.15, -0.1) is 0 Å². The minimum Gasteiger partial charge on any atom is -0.324 e. The van der Waals surface area contributed by atoms with Gasteiger partial charge in [-0.3, -0.25) is 0 Å². The highest BCUT2D eigenvalue weighted by Crippen LogP contribution is 2.30. The molecule has 0 bridgehead atoms. The number of hydrogen-bond acceptors (Lipinski definition) is 2. The average molecular weight is 396 g/mol. The predicted molar refractivity (Wildman–Crippen MR) is 107 cm³/mol. The minimum absolute atomic E-state index is 0.224. The second-order valence-electron chi connectivity index (χ2n) is 7.27. The summed E-state index contributed by atoms with van der Waals surface area (Å²) in [6, 6.07) is 12.9. The van der Waals surface area contributed by atoms with E-state index in [0.29, 0.717) is 24.3 Å². The van der Waals surface area contributed by atoms with E-state index < -0.39 is 11.6 Å². The van der Waals surface area contributed by atoms with Crippen molar-refractivity contribution < 1.29 is 13.6 Å². The molecule has 1 saturated heterocycles. The molecule has 2 amide bonds. The van der Waals surface area contributed by atoms with E-state index in [0.717, 1.165) is 36.4 Å². The highest BCUT2D eigenvalue weighted by Gasteiger charge is 2.27. The lowest BCUT2D eigenvalue weighted by atomic mass is 9.90. The number of carbonyl (C=O) groups excluding carboxylic acids is 1. The van der Waals surface area contributed by atoms with Gasteiger partial charge in [0.05, 0.1) is 23.3 Å². The Labute approximate surface area is 168 Å². The molecule has 1 aliphatic heterocycles. The van der Waals surface area contributed by atoms with Crippen LogP contribution in [0, 0.1) is 18.6 Å². The lowest BCUT2D eigenvalue weighted by Crippen LogP contribution is -2.41. The van der Waals surface area contributed by atoms with Crippen LogP contribution in [0.4, 0.5) is 19.3 Å². The summed E-state index contributed by atoms with van der Waals surface area (Å²) in [4.78, 5) is 14.5.